The normalized spacial score (nSPS) is 14.0. The lowest BCUT2D eigenvalue weighted by Gasteiger charge is -2.36. The first-order valence-electron chi connectivity index (χ1n) is 10.6. The minimum Gasteiger partial charge on any atom is -0.353 e. The summed E-state index contributed by atoms with van der Waals surface area (Å²) in [6, 6.07) is 18.4. The highest BCUT2D eigenvalue weighted by Gasteiger charge is 2.22. The molecule has 2 aromatic carbocycles. The van der Waals surface area contributed by atoms with Crippen LogP contribution in [0, 0.1) is 5.82 Å². The summed E-state index contributed by atoms with van der Waals surface area (Å²) < 4.78 is 13.3. The average molecular weight is 427 g/mol. The van der Waals surface area contributed by atoms with E-state index in [2.05, 4.69) is 37.1 Å². The highest BCUT2D eigenvalue weighted by atomic mass is 19.1. The summed E-state index contributed by atoms with van der Waals surface area (Å²) in [5.74, 6) is 1.52. The summed E-state index contributed by atoms with van der Waals surface area (Å²) in [4.78, 5) is 19.7. The number of benzene rings is 2. The lowest BCUT2D eigenvalue weighted by molar-refractivity contribution is 0.112. The van der Waals surface area contributed by atoms with Gasteiger partial charge in [-0.25, -0.2) is 9.37 Å². The number of carbonyl (C=O) groups excluding carboxylic acids is 1. The third-order valence-corrected chi connectivity index (χ3v) is 5.84. The van der Waals surface area contributed by atoms with Crippen LogP contribution in [0.15, 0.2) is 66.9 Å². The lowest BCUT2D eigenvalue weighted by Crippen LogP contribution is -2.47. The fraction of sp³-hybridized carbons (Fsp3) is 0.200. The molecule has 0 spiro atoms. The number of pyridine rings is 1. The van der Waals surface area contributed by atoms with E-state index in [1.165, 1.54) is 12.1 Å². The molecule has 4 aromatic rings. The van der Waals surface area contributed by atoms with Gasteiger partial charge in [0.25, 0.3) is 0 Å². The molecule has 7 heteroatoms. The van der Waals surface area contributed by atoms with Crippen molar-refractivity contribution < 1.29 is 9.18 Å². The van der Waals surface area contributed by atoms with E-state index in [9.17, 15) is 9.18 Å². The summed E-state index contributed by atoms with van der Waals surface area (Å²) in [7, 11) is 0. The van der Waals surface area contributed by atoms with E-state index < -0.39 is 0 Å². The fourth-order valence-corrected chi connectivity index (χ4v) is 4.11. The van der Waals surface area contributed by atoms with Crippen molar-refractivity contribution in [3.63, 3.8) is 0 Å². The van der Waals surface area contributed by atoms with Crippen LogP contribution in [0.2, 0.25) is 0 Å². The topological polar surface area (TPSA) is 62.2 Å². The predicted molar refractivity (Wildman–Crippen MR) is 123 cm³/mol. The number of hydrogen-bond acceptors (Lipinski definition) is 6. The smallest absolute Gasteiger partial charge is 0.159 e. The number of carbonyl (C=O) groups is 1. The summed E-state index contributed by atoms with van der Waals surface area (Å²) >= 11 is 0. The SMILES string of the molecule is O=Cc1ccc(N2CCN(c3nnc(Cc4ccc(F)cc4)c4ccccc34)CC2)nc1. The minimum absolute atomic E-state index is 0.242. The first-order valence-corrected chi connectivity index (χ1v) is 10.6. The van der Waals surface area contributed by atoms with Crippen LogP contribution in [-0.4, -0.2) is 47.6 Å². The van der Waals surface area contributed by atoms with Crippen molar-refractivity contribution in [2.75, 3.05) is 36.0 Å². The molecule has 160 valence electrons. The molecule has 1 aliphatic rings. The maximum Gasteiger partial charge on any atom is 0.159 e. The summed E-state index contributed by atoms with van der Waals surface area (Å²) in [5, 5.41) is 11.3. The second-order valence-electron chi connectivity index (χ2n) is 7.86. The van der Waals surface area contributed by atoms with Gasteiger partial charge >= 0.3 is 0 Å². The van der Waals surface area contributed by atoms with Crippen molar-refractivity contribution >= 4 is 28.7 Å². The van der Waals surface area contributed by atoms with E-state index in [1.54, 1.807) is 24.4 Å². The van der Waals surface area contributed by atoms with Gasteiger partial charge < -0.3 is 9.80 Å². The molecule has 0 amide bonds. The van der Waals surface area contributed by atoms with E-state index >= 15 is 0 Å². The van der Waals surface area contributed by atoms with Gasteiger partial charge in [0.1, 0.15) is 11.6 Å². The molecule has 0 saturated carbocycles. The monoisotopic (exact) mass is 427 g/mol. The molecule has 0 bridgehead atoms. The molecule has 32 heavy (non-hydrogen) atoms. The Hall–Kier alpha value is -3.87. The van der Waals surface area contributed by atoms with Crippen LogP contribution in [0.5, 0.6) is 0 Å². The first kappa shape index (κ1) is 20.1. The van der Waals surface area contributed by atoms with Crippen molar-refractivity contribution in [1.82, 2.24) is 15.2 Å². The number of nitrogens with zero attached hydrogens (tertiary/aromatic N) is 5. The molecule has 0 N–H and O–H groups in total. The molecule has 1 fully saturated rings. The molecule has 2 aromatic heterocycles. The number of rotatable bonds is 5. The zero-order valence-electron chi connectivity index (χ0n) is 17.5. The van der Waals surface area contributed by atoms with E-state index in [-0.39, 0.29) is 5.82 Å². The van der Waals surface area contributed by atoms with Crippen molar-refractivity contribution in [1.29, 1.82) is 0 Å². The molecule has 0 unspecified atom stereocenters. The molecule has 5 rings (SSSR count). The second-order valence-corrected chi connectivity index (χ2v) is 7.86. The number of anilines is 2. The Labute approximate surface area is 185 Å². The van der Waals surface area contributed by atoms with Gasteiger partial charge in [-0.05, 0) is 29.8 Å². The van der Waals surface area contributed by atoms with Crippen molar-refractivity contribution in [3.8, 4) is 0 Å². The van der Waals surface area contributed by atoms with E-state index in [1.807, 2.05) is 18.2 Å². The Morgan fingerprint density at radius 3 is 2.25 bits per heavy atom. The van der Waals surface area contributed by atoms with Crippen molar-refractivity contribution in [3.05, 3.63) is 89.5 Å². The molecule has 1 saturated heterocycles. The molecule has 6 nitrogen and oxygen atoms in total. The number of fused-ring (bicyclic) bond motifs is 1. The summed E-state index contributed by atoms with van der Waals surface area (Å²) in [6.45, 7) is 3.21. The number of hydrogen-bond donors (Lipinski definition) is 0. The van der Waals surface area contributed by atoms with Crippen LogP contribution in [-0.2, 0) is 6.42 Å². The van der Waals surface area contributed by atoms with Crippen LogP contribution in [0.25, 0.3) is 10.8 Å². The van der Waals surface area contributed by atoms with Gasteiger partial charge in [0.15, 0.2) is 12.1 Å². The van der Waals surface area contributed by atoms with Crippen LogP contribution in [0.1, 0.15) is 21.6 Å². The van der Waals surface area contributed by atoms with E-state index in [0.29, 0.717) is 12.0 Å². The number of halogens is 1. The van der Waals surface area contributed by atoms with Crippen LogP contribution >= 0.6 is 0 Å². The first-order chi connectivity index (χ1) is 15.7. The van der Waals surface area contributed by atoms with Gasteiger partial charge in [0, 0.05) is 55.1 Å². The van der Waals surface area contributed by atoms with Gasteiger partial charge in [0.05, 0.1) is 5.69 Å². The van der Waals surface area contributed by atoms with Gasteiger partial charge in [-0.1, -0.05) is 36.4 Å². The standard InChI is InChI=1S/C25H22FN5O/c26-20-8-5-18(6-9-20)15-23-21-3-1-2-4-22(21)25(29-28-23)31-13-11-30(12-14-31)24-10-7-19(17-32)16-27-24/h1-10,16-17H,11-15H2. The van der Waals surface area contributed by atoms with Crippen LogP contribution in [0.4, 0.5) is 16.0 Å². The Morgan fingerprint density at radius 1 is 0.844 bits per heavy atom. The second kappa shape index (κ2) is 8.70. The highest BCUT2D eigenvalue weighted by Crippen LogP contribution is 2.28. The maximum atomic E-state index is 13.3. The molecule has 3 heterocycles. The highest BCUT2D eigenvalue weighted by molar-refractivity contribution is 5.93. The number of piperazine rings is 1. The molecular weight excluding hydrogens is 405 g/mol. The minimum atomic E-state index is -0.242. The van der Waals surface area contributed by atoms with Gasteiger partial charge in [-0.2, -0.15) is 5.10 Å². The largest absolute Gasteiger partial charge is 0.353 e. The van der Waals surface area contributed by atoms with E-state index in [4.69, 9.17) is 0 Å². The third-order valence-electron chi connectivity index (χ3n) is 5.84. The number of aldehydes is 1. The van der Waals surface area contributed by atoms with Crippen LogP contribution < -0.4 is 9.80 Å². The molecule has 1 aliphatic heterocycles. The zero-order valence-corrected chi connectivity index (χ0v) is 17.5. The van der Waals surface area contributed by atoms with Gasteiger partial charge in [0.2, 0.25) is 0 Å². The lowest BCUT2D eigenvalue weighted by atomic mass is 10.0. The Bertz CT molecular complexity index is 1240. The molecular formula is C25H22FN5O. The van der Waals surface area contributed by atoms with Crippen LogP contribution in [0.3, 0.4) is 0 Å². The predicted octanol–water partition coefficient (Wildman–Crippen LogP) is 3.89. The van der Waals surface area contributed by atoms with E-state index in [0.717, 1.165) is 66.1 Å². The number of aromatic nitrogens is 3. The van der Waals surface area contributed by atoms with Gasteiger partial charge in [-0.3, -0.25) is 4.79 Å². The van der Waals surface area contributed by atoms with Gasteiger partial charge in [-0.15, -0.1) is 5.10 Å². The fourth-order valence-electron chi connectivity index (χ4n) is 4.11. The summed E-state index contributed by atoms with van der Waals surface area (Å²) in [5.41, 5.74) is 2.46. The average Bonchev–Trinajstić information content (AvgIpc) is 2.86. The zero-order chi connectivity index (χ0) is 21.9. The Balaban J connectivity index is 1.37. The summed E-state index contributed by atoms with van der Waals surface area (Å²) in [6.07, 6.45) is 3.01. The maximum absolute atomic E-state index is 13.3. The molecule has 0 aliphatic carbocycles. The van der Waals surface area contributed by atoms with Crippen molar-refractivity contribution in [2.24, 2.45) is 0 Å². The Kier molecular flexibility index (Phi) is 5.46. The third kappa shape index (κ3) is 4.01. The quantitative estimate of drug-likeness (QED) is 0.450. The molecule has 0 radical (unpaired) electrons. The van der Waals surface area contributed by atoms with Crippen molar-refractivity contribution in [2.45, 2.75) is 6.42 Å². The molecule has 0 atom stereocenters. The Morgan fingerprint density at radius 2 is 1.56 bits per heavy atom.